The summed E-state index contributed by atoms with van der Waals surface area (Å²) in [4.78, 5) is 33.8. The molecule has 0 saturated carbocycles. The molecule has 1 atom stereocenters. The first-order valence-electron chi connectivity index (χ1n) is 9.23. The maximum Gasteiger partial charge on any atom is 0.272 e. The lowest BCUT2D eigenvalue weighted by atomic mass is 10.1. The van der Waals surface area contributed by atoms with Gasteiger partial charge in [-0.2, -0.15) is 11.8 Å². The predicted molar refractivity (Wildman–Crippen MR) is 121 cm³/mol. The zero-order chi connectivity index (χ0) is 21.2. The molecule has 2 rings (SSSR count). The van der Waals surface area contributed by atoms with Gasteiger partial charge >= 0.3 is 0 Å². The maximum atomic E-state index is 12.7. The van der Waals surface area contributed by atoms with Crippen molar-refractivity contribution in [2.24, 2.45) is 0 Å². The van der Waals surface area contributed by atoms with Crippen LogP contribution >= 0.6 is 35.1 Å². The quantitative estimate of drug-likeness (QED) is 0.422. The van der Waals surface area contributed by atoms with Crippen molar-refractivity contribution < 1.29 is 9.59 Å². The normalized spacial score (nSPS) is 11.7. The number of rotatable bonds is 10. The fraction of sp³-hybridized carbons (Fsp3) is 0.400. The lowest BCUT2D eigenvalue weighted by molar-refractivity contribution is -0.123. The van der Waals surface area contributed by atoms with Gasteiger partial charge < -0.3 is 10.6 Å². The highest BCUT2D eigenvalue weighted by Crippen LogP contribution is 2.18. The number of carbonyl (C=O) groups is 2. The summed E-state index contributed by atoms with van der Waals surface area (Å²) in [6.45, 7) is 4.38. The molecule has 0 bridgehead atoms. The van der Waals surface area contributed by atoms with E-state index in [1.54, 1.807) is 11.8 Å². The summed E-state index contributed by atoms with van der Waals surface area (Å²) in [7, 11) is 0. The predicted octanol–water partition coefficient (Wildman–Crippen LogP) is 3.72. The van der Waals surface area contributed by atoms with Crippen LogP contribution in [-0.4, -0.2) is 45.6 Å². The van der Waals surface area contributed by atoms with Crippen LogP contribution in [0.2, 0.25) is 5.02 Å². The van der Waals surface area contributed by atoms with Gasteiger partial charge in [0.2, 0.25) is 5.91 Å². The molecule has 156 valence electrons. The molecular weight excluding hydrogens is 428 g/mol. The van der Waals surface area contributed by atoms with E-state index >= 15 is 0 Å². The molecule has 2 aromatic rings. The summed E-state index contributed by atoms with van der Waals surface area (Å²) < 4.78 is 0. The number of carbonyl (C=O) groups excluding carboxylic acids is 2. The van der Waals surface area contributed by atoms with Gasteiger partial charge in [-0.25, -0.2) is 9.97 Å². The number of hydrogen-bond donors (Lipinski definition) is 2. The zero-order valence-corrected chi connectivity index (χ0v) is 19.1. The van der Waals surface area contributed by atoms with Crippen molar-refractivity contribution in [3.05, 3.63) is 52.3 Å². The summed E-state index contributed by atoms with van der Waals surface area (Å²) in [5.41, 5.74) is 2.24. The summed E-state index contributed by atoms with van der Waals surface area (Å²) in [5.74, 6) is 0.797. The highest BCUT2D eigenvalue weighted by molar-refractivity contribution is 7.99. The fourth-order valence-corrected chi connectivity index (χ4v) is 3.65. The number of benzene rings is 1. The van der Waals surface area contributed by atoms with Crippen LogP contribution < -0.4 is 10.6 Å². The minimum absolute atomic E-state index is 0.0816. The van der Waals surface area contributed by atoms with E-state index in [4.69, 9.17) is 11.6 Å². The number of hydrogen-bond acceptors (Lipinski definition) is 6. The van der Waals surface area contributed by atoms with Crippen molar-refractivity contribution in [3.63, 3.8) is 0 Å². The Labute approximate surface area is 185 Å². The van der Waals surface area contributed by atoms with Crippen LogP contribution in [0.25, 0.3) is 0 Å². The van der Waals surface area contributed by atoms with E-state index in [0.29, 0.717) is 18.1 Å². The van der Waals surface area contributed by atoms with Crippen molar-refractivity contribution in [2.45, 2.75) is 38.0 Å². The molecule has 0 radical (unpaired) electrons. The Balaban J connectivity index is 2.06. The SMILES string of the molecule is CCSc1ncc(Cl)c(C(=O)N[C@H](CCSC)C(=O)NCc2ccc(C)cc2)n1. The van der Waals surface area contributed by atoms with Crippen molar-refractivity contribution in [1.82, 2.24) is 20.6 Å². The van der Waals surface area contributed by atoms with Gasteiger partial charge in [0.15, 0.2) is 10.9 Å². The lowest BCUT2D eigenvalue weighted by Gasteiger charge is -2.18. The fourth-order valence-electron chi connectivity index (χ4n) is 2.46. The minimum Gasteiger partial charge on any atom is -0.350 e. The Morgan fingerprint density at radius 1 is 1.24 bits per heavy atom. The molecule has 29 heavy (non-hydrogen) atoms. The second-order valence-electron chi connectivity index (χ2n) is 6.29. The molecule has 0 saturated heterocycles. The van der Waals surface area contributed by atoms with E-state index in [9.17, 15) is 9.59 Å². The van der Waals surface area contributed by atoms with Crippen molar-refractivity contribution in [1.29, 1.82) is 0 Å². The van der Waals surface area contributed by atoms with Crippen LogP contribution in [0.15, 0.2) is 35.6 Å². The Morgan fingerprint density at radius 2 is 1.97 bits per heavy atom. The molecular formula is C20H25ClN4O2S2. The first-order valence-corrected chi connectivity index (χ1v) is 12.0. The number of aromatic nitrogens is 2. The maximum absolute atomic E-state index is 12.7. The molecule has 0 aliphatic carbocycles. The Bertz CT molecular complexity index is 834. The molecule has 1 aromatic carbocycles. The number of nitrogens with zero attached hydrogens (tertiary/aromatic N) is 2. The van der Waals surface area contributed by atoms with E-state index in [1.807, 2.05) is 44.4 Å². The van der Waals surface area contributed by atoms with Crippen LogP contribution in [0.5, 0.6) is 0 Å². The standard InChI is InChI=1S/C20H25ClN4O2S2/c1-4-29-20-23-12-15(21)17(25-20)19(27)24-16(9-10-28-3)18(26)22-11-14-7-5-13(2)6-8-14/h5-8,12,16H,4,9-11H2,1-3H3,(H,22,26)(H,24,27)/t16-/m1/s1. The molecule has 0 unspecified atom stereocenters. The Kier molecular flexibility index (Phi) is 9.76. The highest BCUT2D eigenvalue weighted by Gasteiger charge is 2.23. The highest BCUT2D eigenvalue weighted by atomic mass is 35.5. The zero-order valence-electron chi connectivity index (χ0n) is 16.7. The van der Waals surface area contributed by atoms with E-state index < -0.39 is 11.9 Å². The van der Waals surface area contributed by atoms with Crippen LogP contribution in [-0.2, 0) is 11.3 Å². The van der Waals surface area contributed by atoms with E-state index in [1.165, 1.54) is 18.0 Å². The van der Waals surface area contributed by atoms with E-state index in [0.717, 1.165) is 22.6 Å². The molecule has 2 N–H and O–H groups in total. The van der Waals surface area contributed by atoms with Gasteiger partial charge in [-0.3, -0.25) is 9.59 Å². The van der Waals surface area contributed by atoms with Gasteiger partial charge in [-0.15, -0.1) is 0 Å². The van der Waals surface area contributed by atoms with Gasteiger partial charge in [-0.1, -0.05) is 60.1 Å². The molecule has 2 amide bonds. The Hall–Kier alpha value is -1.77. The lowest BCUT2D eigenvalue weighted by Crippen LogP contribution is -2.47. The second kappa shape index (κ2) is 12.0. The minimum atomic E-state index is -0.672. The molecule has 0 aliphatic rings. The van der Waals surface area contributed by atoms with Crippen LogP contribution in [0.4, 0.5) is 0 Å². The summed E-state index contributed by atoms with van der Waals surface area (Å²) >= 11 is 9.14. The van der Waals surface area contributed by atoms with Gasteiger partial charge in [-0.05, 0) is 36.7 Å². The molecule has 6 nitrogen and oxygen atoms in total. The molecule has 0 aliphatic heterocycles. The third-order valence-corrected chi connectivity index (χ3v) is 5.69. The van der Waals surface area contributed by atoms with Gasteiger partial charge in [0.25, 0.3) is 5.91 Å². The van der Waals surface area contributed by atoms with Crippen LogP contribution in [0, 0.1) is 6.92 Å². The van der Waals surface area contributed by atoms with E-state index in [2.05, 4.69) is 20.6 Å². The summed E-state index contributed by atoms with van der Waals surface area (Å²) in [6.07, 6.45) is 3.88. The van der Waals surface area contributed by atoms with Crippen LogP contribution in [0.3, 0.4) is 0 Å². The summed E-state index contributed by atoms with van der Waals surface area (Å²) in [6, 6.07) is 7.26. The molecule has 1 heterocycles. The van der Waals surface area contributed by atoms with Crippen molar-refractivity contribution in [3.8, 4) is 0 Å². The monoisotopic (exact) mass is 452 g/mol. The average molecular weight is 453 g/mol. The molecule has 0 spiro atoms. The third kappa shape index (κ3) is 7.53. The number of thioether (sulfide) groups is 2. The third-order valence-electron chi connectivity index (χ3n) is 4.03. The summed E-state index contributed by atoms with van der Waals surface area (Å²) in [5, 5.41) is 6.31. The van der Waals surface area contributed by atoms with Crippen molar-refractivity contribution >= 4 is 46.9 Å². The first kappa shape index (κ1) is 23.5. The molecule has 9 heteroatoms. The second-order valence-corrected chi connectivity index (χ2v) is 8.92. The number of nitrogens with one attached hydrogen (secondary N) is 2. The molecule has 0 fully saturated rings. The average Bonchev–Trinajstić information content (AvgIpc) is 2.71. The van der Waals surface area contributed by atoms with Crippen molar-refractivity contribution in [2.75, 3.05) is 17.8 Å². The number of aryl methyl sites for hydroxylation is 1. The van der Waals surface area contributed by atoms with Gasteiger partial charge in [0.05, 0.1) is 11.2 Å². The van der Waals surface area contributed by atoms with Gasteiger partial charge in [0.1, 0.15) is 6.04 Å². The van der Waals surface area contributed by atoms with Gasteiger partial charge in [0, 0.05) is 6.54 Å². The van der Waals surface area contributed by atoms with Crippen LogP contribution in [0.1, 0.15) is 35.0 Å². The smallest absolute Gasteiger partial charge is 0.272 e. The van der Waals surface area contributed by atoms with E-state index in [-0.39, 0.29) is 16.6 Å². The molecule has 1 aromatic heterocycles. The topological polar surface area (TPSA) is 84.0 Å². The number of halogens is 1. The Morgan fingerprint density at radius 3 is 2.62 bits per heavy atom. The number of amides is 2. The first-order chi connectivity index (χ1) is 13.9. The largest absolute Gasteiger partial charge is 0.350 e.